The van der Waals surface area contributed by atoms with Crippen LogP contribution in [0.15, 0.2) is 0 Å². The summed E-state index contributed by atoms with van der Waals surface area (Å²) in [7, 11) is 0. The molecule has 0 aliphatic carbocycles. The first-order valence-electron chi connectivity index (χ1n) is 3.43. The van der Waals surface area contributed by atoms with Crippen molar-refractivity contribution >= 4 is 11.6 Å². The van der Waals surface area contributed by atoms with Gasteiger partial charge in [0.15, 0.2) is 0 Å². The molecule has 0 heterocycles. The molecule has 0 aromatic carbocycles. The Hall–Kier alpha value is 0.0900. The van der Waals surface area contributed by atoms with Crippen molar-refractivity contribution in [3.63, 3.8) is 0 Å². The van der Waals surface area contributed by atoms with Crippen LogP contribution in [0.2, 0.25) is 0 Å². The first-order valence-corrected chi connectivity index (χ1v) is 3.97. The Morgan fingerprint density at radius 1 is 0.917 bits per heavy atom. The molecule has 4 atom stereocenters. The van der Waals surface area contributed by atoms with E-state index in [1.807, 2.05) is 0 Å². The molecular weight excluding hydrogens is 188 g/mol. The van der Waals surface area contributed by atoms with Crippen LogP contribution in [0.5, 0.6) is 0 Å². The Kier molecular flexibility index (Phi) is 5.73. The summed E-state index contributed by atoms with van der Waals surface area (Å²) in [4.78, 5) is 0. The van der Waals surface area contributed by atoms with Crippen LogP contribution >= 0.6 is 11.6 Å². The minimum Gasteiger partial charge on any atom is -0.394 e. The third-order valence-corrected chi connectivity index (χ3v) is 1.80. The van der Waals surface area contributed by atoms with Gasteiger partial charge in [0.05, 0.1) is 18.6 Å². The van der Waals surface area contributed by atoms with Gasteiger partial charge >= 0.3 is 0 Å². The lowest BCUT2D eigenvalue weighted by atomic mass is 10.0. The van der Waals surface area contributed by atoms with E-state index in [0.717, 1.165) is 0 Å². The predicted molar refractivity (Wildman–Crippen MR) is 41.8 cm³/mol. The Balaban J connectivity index is 3.99. The molecule has 0 aliphatic rings. The number of aliphatic hydroxyl groups excluding tert-OH is 5. The van der Waals surface area contributed by atoms with Crippen LogP contribution in [-0.4, -0.2) is 62.4 Å². The largest absolute Gasteiger partial charge is 0.394 e. The fourth-order valence-corrected chi connectivity index (χ4v) is 0.837. The zero-order valence-electron chi connectivity index (χ0n) is 6.34. The number of aliphatic hydroxyl groups is 5. The van der Waals surface area contributed by atoms with E-state index in [9.17, 15) is 0 Å². The van der Waals surface area contributed by atoms with Crippen molar-refractivity contribution in [2.75, 3.05) is 12.5 Å². The van der Waals surface area contributed by atoms with Gasteiger partial charge in [-0.2, -0.15) is 0 Å². The topological polar surface area (TPSA) is 101 Å². The van der Waals surface area contributed by atoms with E-state index in [4.69, 9.17) is 37.1 Å². The number of hydrogen-bond donors (Lipinski definition) is 5. The first-order chi connectivity index (χ1) is 5.54. The van der Waals surface area contributed by atoms with Crippen LogP contribution in [0, 0.1) is 0 Å². The van der Waals surface area contributed by atoms with E-state index in [1.54, 1.807) is 0 Å². The van der Waals surface area contributed by atoms with Gasteiger partial charge < -0.3 is 25.5 Å². The molecule has 0 aromatic rings. The Bertz CT molecular complexity index is 109. The zero-order chi connectivity index (χ0) is 9.72. The van der Waals surface area contributed by atoms with Gasteiger partial charge in [-0.3, -0.25) is 0 Å². The SMILES string of the molecule is OCC(O)C(O)C(O)C(O)CCl. The molecule has 0 rings (SSSR count). The molecule has 0 saturated heterocycles. The second-order valence-electron chi connectivity index (χ2n) is 2.45. The Labute approximate surface area is 74.8 Å². The van der Waals surface area contributed by atoms with E-state index in [2.05, 4.69) is 0 Å². The van der Waals surface area contributed by atoms with E-state index in [0.29, 0.717) is 0 Å². The van der Waals surface area contributed by atoms with Crippen LogP contribution < -0.4 is 0 Å². The maximum Gasteiger partial charge on any atom is 0.111 e. The molecule has 0 aliphatic heterocycles. The summed E-state index contributed by atoms with van der Waals surface area (Å²) >= 11 is 5.17. The summed E-state index contributed by atoms with van der Waals surface area (Å²) in [6.45, 7) is -0.687. The van der Waals surface area contributed by atoms with Crippen LogP contribution in [-0.2, 0) is 0 Å². The summed E-state index contributed by atoms with van der Waals surface area (Å²) in [5.41, 5.74) is 0. The molecule has 0 radical (unpaired) electrons. The zero-order valence-corrected chi connectivity index (χ0v) is 7.09. The molecule has 6 heteroatoms. The molecule has 0 fully saturated rings. The molecule has 0 bridgehead atoms. The minimum atomic E-state index is -1.59. The lowest BCUT2D eigenvalue weighted by molar-refractivity contribution is -0.110. The molecule has 0 spiro atoms. The second-order valence-corrected chi connectivity index (χ2v) is 2.76. The van der Waals surface area contributed by atoms with Crippen molar-refractivity contribution in [2.24, 2.45) is 0 Å². The van der Waals surface area contributed by atoms with E-state index < -0.39 is 31.0 Å². The van der Waals surface area contributed by atoms with Gasteiger partial charge in [0.25, 0.3) is 0 Å². The molecule has 0 amide bonds. The normalized spacial score (nSPS) is 21.5. The maximum absolute atomic E-state index is 9.03. The second kappa shape index (κ2) is 5.69. The van der Waals surface area contributed by atoms with E-state index in [1.165, 1.54) is 0 Å². The highest BCUT2D eigenvalue weighted by Gasteiger charge is 2.29. The molecule has 0 saturated carbocycles. The number of halogens is 1. The number of alkyl halides is 1. The lowest BCUT2D eigenvalue weighted by Gasteiger charge is -2.24. The predicted octanol–water partition coefficient (Wildman–Crippen LogP) is -2.34. The lowest BCUT2D eigenvalue weighted by Crippen LogP contribution is -2.46. The van der Waals surface area contributed by atoms with Gasteiger partial charge in [-0.25, -0.2) is 0 Å². The third kappa shape index (κ3) is 3.22. The summed E-state index contributed by atoms with van der Waals surface area (Å²) < 4.78 is 0. The average molecular weight is 201 g/mol. The van der Waals surface area contributed by atoms with Crippen molar-refractivity contribution in [2.45, 2.75) is 24.4 Å². The molecule has 12 heavy (non-hydrogen) atoms. The smallest absolute Gasteiger partial charge is 0.111 e. The third-order valence-electron chi connectivity index (χ3n) is 1.48. The molecule has 5 N–H and O–H groups in total. The Morgan fingerprint density at radius 2 is 1.33 bits per heavy atom. The van der Waals surface area contributed by atoms with Crippen LogP contribution in [0.4, 0.5) is 0 Å². The molecule has 5 nitrogen and oxygen atoms in total. The first kappa shape index (κ1) is 12.1. The standard InChI is InChI=1S/C6H13ClO5/c7-1-3(9)5(11)6(12)4(10)2-8/h3-6,8-12H,1-2H2. The monoisotopic (exact) mass is 200 g/mol. The van der Waals surface area contributed by atoms with Gasteiger partial charge in [0, 0.05) is 0 Å². The van der Waals surface area contributed by atoms with Gasteiger partial charge in [-0.15, -0.1) is 11.6 Å². The quantitative estimate of drug-likeness (QED) is 0.320. The summed E-state index contributed by atoms with van der Waals surface area (Å²) in [5, 5.41) is 44.1. The van der Waals surface area contributed by atoms with Gasteiger partial charge in [-0.1, -0.05) is 0 Å². The van der Waals surface area contributed by atoms with Crippen LogP contribution in [0.25, 0.3) is 0 Å². The fraction of sp³-hybridized carbons (Fsp3) is 1.00. The molecule has 0 aromatic heterocycles. The highest BCUT2D eigenvalue weighted by molar-refractivity contribution is 6.18. The van der Waals surface area contributed by atoms with E-state index >= 15 is 0 Å². The van der Waals surface area contributed by atoms with Crippen molar-refractivity contribution in [3.8, 4) is 0 Å². The highest BCUT2D eigenvalue weighted by Crippen LogP contribution is 2.05. The van der Waals surface area contributed by atoms with Gasteiger partial charge in [-0.05, 0) is 0 Å². The Morgan fingerprint density at radius 3 is 1.67 bits per heavy atom. The van der Waals surface area contributed by atoms with Crippen molar-refractivity contribution in [1.29, 1.82) is 0 Å². The van der Waals surface area contributed by atoms with Crippen molar-refractivity contribution in [3.05, 3.63) is 0 Å². The highest BCUT2D eigenvalue weighted by atomic mass is 35.5. The van der Waals surface area contributed by atoms with Gasteiger partial charge in [0.1, 0.15) is 18.3 Å². The van der Waals surface area contributed by atoms with Gasteiger partial charge in [0.2, 0.25) is 0 Å². The molecule has 74 valence electrons. The summed E-state index contributed by atoms with van der Waals surface area (Å²) in [5.74, 6) is -0.254. The maximum atomic E-state index is 9.03. The molecular formula is C6H13ClO5. The fourth-order valence-electron chi connectivity index (χ4n) is 0.654. The molecule has 4 unspecified atom stereocenters. The summed E-state index contributed by atoms with van der Waals surface area (Å²) in [6.07, 6.45) is -5.94. The van der Waals surface area contributed by atoms with E-state index in [-0.39, 0.29) is 5.88 Å². The number of rotatable bonds is 5. The number of hydrogen-bond acceptors (Lipinski definition) is 5. The average Bonchev–Trinajstić information content (AvgIpc) is 2.12. The van der Waals surface area contributed by atoms with Crippen LogP contribution in [0.1, 0.15) is 0 Å². The van der Waals surface area contributed by atoms with Crippen molar-refractivity contribution in [1.82, 2.24) is 0 Å². The minimum absolute atomic E-state index is 0.254. The van der Waals surface area contributed by atoms with Crippen molar-refractivity contribution < 1.29 is 25.5 Å². The van der Waals surface area contributed by atoms with Crippen LogP contribution in [0.3, 0.4) is 0 Å². The summed E-state index contributed by atoms with van der Waals surface area (Å²) in [6, 6.07) is 0.